The minimum atomic E-state index is -0.873. The van der Waals surface area contributed by atoms with Gasteiger partial charge in [-0.3, -0.25) is 14.4 Å². The molecule has 4 aliphatic carbocycles. The van der Waals surface area contributed by atoms with Gasteiger partial charge in [-0.25, -0.2) is 9.78 Å². The van der Waals surface area contributed by atoms with E-state index in [0.717, 1.165) is 103 Å². The monoisotopic (exact) mass is 608 g/mol. The summed E-state index contributed by atoms with van der Waals surface area (Å²) in [4.78, 5) is 47.3. The Kier molecular flexibility index (Phi) is 13.6. The van der Waals surface area contributed by atoms with Gasteiger partial charge in [-0.2, -0.15) is 0 Å². The Hall–Kier alpha value is -1.71. The lowest BCUT2D eigenvalue weighted by atomic mass is 9.74. The van der Waals surface area contributed by atoms with E-state index in [1.165, 1.54) is 0 Å². The highest BCUT2D eigenvalue weighted by Crippen LogP contribution is 2.37. The number of carboxylic acid groups (broad SMARTS) is 2. The molecule has 0 aliphatic heterocycles. The predicted octanol–water partition coefficient (Wildman–Crippen LogP) is 6.67. The fraction of sp³-hybridized carbons (Fsp3) is 0.912. The SMILES string of the molecule is CC1CCC(COOC2CCC(CCOCCC3CCC(OC(=O)C4CCC(C)CC4C(=O)O)CC3)CC2)C(C(=O)O)C1. The van der Waals surface area contributed by atoms with Crippen LogP contribution in [0.1, 0.15) is 117 Å². The summed E-state index contributed by atoms with van der Waals surface area (Å²) in [7, 11) is 0. The van der Waals surface area contributed by atoms with Crippen LogP contribution in [0.2, 0.25) is 0 Å². The van der Waals surface area contributed by atoms with Crippen LogP contribution in [0.3, 0.4) is 0 Å². The molecule has 0 amide bonds. The van der Waals surface area contributed by atoms with Crippen molar-refractivity contribution >= 4 is 17.9 Å². The number of hydrogen-bond donors (Lipinski definition) is 2. The van der Waals surface area contributed by atoms with Gasteiger partial charge in [-0.1, -0.05) is 20.3 Å². The number of hydrogen-bond acceptors (Lipinski definition) is 7. The van der Waals surface area contributed by atoms with Gasteiger partial charge in [0.25, 0.3) is 0 Å². The number of aliphatic carboxylic acids is 2. The third-order valence-corrected chi connectivity index (χ3v) is 11.0. The highest BCUT2D eigenvalue weighted by Gasteiger charge is 2.40. The van der Waals surface area contributed by atoms with Crippen molar-refractivity contribution in [2.24, 2.45) is 47.3 Å². The third kappa shape index (κ3) is 10.7. The van der Waals surface area contributed by atoms with Crippen molar-refractivity contribution < 1.29 is 43.8 Å². The van der Waals surface area contributed by atoms with Gasteiger partial charge in [0.2, 0.25) is 0 Å². The summed E-state index contributed by atoms with van der Waals surface area (Å²) in [6, 6.07) is 0. The van der Waals surface area contributed by atoms with E-state index in [9.17, 15) is 24.6 Å². The van der Waals surface area contributed by atoms with Crippen molar-refractivity contribution in [3.63, 3.8) is 0 Å². The van der Waals surface area contributed by atoms with Crippen LogP contribution in [0.4, 0.5) is 0 Å². The van der Waals surface area contributed by atoms with Crippen LogP contribution in [-0.4, -0.2) is 60.1 Å². The molecule has 2 N–H and O–H groups in total. The summed E-state index contributed by atoms with van der Waals surface area (Å²) in [5, 5.41) is 19.1. The molecule has 0 aromatic rings. The highest BCUT2D eigenvalue weighted by atomic mass is 17.2. The summed E-state index contributed by atoms with van der Waals surface area (Å²) in [6.07, 6.45) is 14.7. The van der Waals surface area contributed by atoms with Crippen LogP contribution in [-0.2, 0) is 33.6 Å². The normalized spacial score (nSPS) is 37.0. The molecule has 4 saturated carbocycles. The molecule has 4 aliphatic rings. The molecule has 6 unspecified atom stereocenters. The number of carboxylic acids is 2. The van der Waals surface area contributed by atoms with E-state index < -0.39 is 23.8 Å². The fourth-order valence-electron chi connectivity index (χ4n) is 8.01. The average molecular weight is 609 g/mol. The molecule has 246 valence electrons. The number of esters is 1. The largest absolute Gasteiger partial charge is 0.481 e. The maximum atomic E-state index is 12.8. The lowest BCUT2D eigenvalue weighted by molar-refractivity contribution is -0.337. The molecule has 6 atom stereocenters. The van der Waals surface area contributed by atoms with Crippen molar-refractivity contribution in [1.82, 2.24) is 0 Å². The van der Waals surface area contributed by atoms with Crippen molar-refractivity contribution in [3.8, 4) is 0 Å². The summed E-state index contributed by atoms with van der Waals surface area (Å²) in [5.41, 5.74) is 0. The van der Waals surface area contributed by atoms with Gasteiger partial charge in [-0.15, -0.1) is 0 Å². The molecule has 9 heteroatoms. The average Bonchev–Trinajstić information content (AvgIpc) is 2.99. The van der Waals surface area contributed by atoms with Crippen molar-refractivity contribution in [3.05, 3.63) is 0 Å². The van der Waals surface area contributed by atoms with Crippen LogP contribution >= 0.6 is 0 Å². The molecule has 4 fully saturated rings. The molecule has 0 saturated heterocycles. The molecule has 0 radical (unpaired) electrons. The molecule has 0 bridgehead atoms. The summed E-state index contributed by atoms with van der Waals surface area (Å²) in [5.74, 6) is -1.25. The zero-order valence-corrected chi connectivity index (χ0v) is 26.5. The first kappa shape index (κ1) is 34.2. The van der Waals surface area contributed by atoms with Gasteiger partial charge in [0.15, 0.2) is 0 Å². The van der Waals surface area contributed by atoms with E-state index in [1.807, 2.05) is 0 Å². The van der Waals surface area contributed by atoms with Gasteiger partial charge in [0.1, 0.15) is 6.10 Å². The maximum absolute atomic E-state index is 12.8. The zero-order valence-electron chi connectivity index (χ0n) is 26.5. The minimum absolute atomic E-state index is 0.0404. The van der Waals surface area contributed by atoms with Crippen molar-refractivity contribution in [2.75, 3.05) is 19.8 Å². The van der Waals surface area contributed by atoms with Crippen molar-refractivity contribution in [2.45, 2.75) is 129 Å². The van der Waals surface area contributed by atoms with Crippen LogP contribution < -0.4 is 0 Å². The van der Waals surface area contributed by atoms with Crippen LogP contribution in [0.5, 0.6) is 0 Å². The second-order valence-corrected chi connectivity index (χ2v) is 14.4. The van der Waals surface area contributed by atoms with Gasteiger partial charge in [0, 0.05) is 13.2 Å². The Morgan fingerprint density at radius 3 is 1.74 bits per heavy atom. The van der Waals surface area contributed by atoms with E-state index >= 15 is 0 Å². The van der Waals surface area contributed by atoms with Crippen molar-refractivity contribution in [1.29, 1.82) is 0 Å². The molecule has 0 heterocycles. The molecule has 0 aromatic heterocycles. The molecule has 0 aromatic carbocycles. The van der Waals surface area contributed by atoms with E-state index in [0.29, 0.717) is 43.1 Å². The van der Waals surface area contributed by atoms with E-state index in [4.69, 9.17) is 19.2 Å². The van der Waals surface area contributed by atoms with Crippen LogP contribution in [0, 0.1) is 47.3 Å². The lowest BCUT2D eigenvalue weighted by Crippen LogP contribution is -2.38. The molecular weight excluding hydrogens is 552 g/mol. The Morgan fingerprint density at radius 1 is 0.628 bits per heavy atom. The Bertz CT molecular complexity index is 877. The maximum Gasteiger partial charge on any atom is 0.310 e. The molecule has 0 spiro atoms. The van der Waals surface area contributed by atoms with Gasteiger partial charge >= 0.3 is 17.9 Å². The molecule has 43 heavy (non-hydrogen) atoms. The zero-order chi connectivity index (χ0) is 30.8. The topological polar surface area (TPSA) is 129 Å². The lowest BCUT2D eigenvalue weighted by Gasteiger charge is -2.33. The smallest absolute Gasteiger partial charge is 0.310 e. The van der Waals surface area contributed by atoms with E-state index in [1.54, 1.807) is 0 Å². The second-order valence-electron chi connectivity index (χ2n) is 14.4. The highest BCUT2D eigenvalue weighted by molar-refractivity contribution is 5.81. The Labute approximate surface area is 257 Å². The number of ether oxygens (including phenoxy) is 2. The van der Waals surface area contributed by atoms with Gasteiger partial charge < -0.3 is 19.7 Å². The molecule has 4 rings (SSSR count). The van der Waals surface area contributed by atoms with Crippen LogP contribution in [0.15, 0.2) is 0 Å². The summed E-state index contributed by atoms with van der Waals surface area (Å²) >= 11 is 0. The first-order valence-electron chi connectivity index (χ1n) is 17.2. The van der Waals surface area contributed by atoms with Gasteiger partial charge in [-0.05, 0) is 126 Å². The summed E-state index contributed by atoms with van der Waals surface area (Å²) in [6.45, 7) is 6.10. The minimum Gasteiger partial charge on any atom is -0.481 e. The van der Waals surface area contributed by atoms with E-state index in [-0.39, 0.29) is 30.0 Å². The number of carbonyl (C=O) groups excluding carboxylic acids is 1. The number of rotatable bonds is 14. The Morgan fingerprint density at radius 2 is 1.16 bits per heavy atom. The number of carbonyl (C=O) groups is 3. The Balaban J connectivity index is 1.00. The fourth-order valence-corrected chi connectivity index (χ4v) is 8.01. The van der Waals surface area contributed by atoms with Gasteiger partial charge in [0.05, 0.1) is 30.5 Å². The molecule has 9 nitrogen and oxygen atoms in total. The molecular formula is C34H56O9. The van der Waals surface area contributed by atoms with E-state index in [2.05, 4.69) is 13.8 Å². The third-order valence-electron chi connectivity index (χ3n) is 11.0. The van der Waals surface area contributed by atoms with Crippen LogP contribution in [0.25, 0.3) is 0 Å². The quantitative estimate of drug-likeness (QED) is 0.0962. The first-order chi connectivity index (χ1) is 20.7. The first-order valence-corrected chi connectivity index (χ1v) is 17.2. The standard InChI is InChI=1S/C34H56O9/c1-22-3-9-26(30(19-22)32(35)36)21-41-43-28-12-7-25(8-13-28)16-18-40-17-15-24-5-10-27(11-6-24)42-34(39)29-14-4-23(2)20-31(29)33(37)38/h22-31H,3-21H2,1-2H3,(H,35,36)(H,37,38). The summed E-state index contributed by atoms with van der Waals surface area (Å²) < 4.78 is 11.8. The predicted molar refractivity (Wildman–Crippen MR) is 160 cm³/mol. The second kappa shape index (κ2) is 17.1.